The van der Waals surface area contributed by atoms with E-state index in [9.17, 15) is 0 Å². The summed E-state index contributed by atoms with van der Waals surface area (Å²) in [5.41, 5.74) is 0.713. The zero-order valence-corrected chi connectivity index (χ0v) is 7.61. The summed E-state index contributed by atoms with van der Waals surface area (Å²) in [6.07, 6.45) is 2.86. The van der Waals surface area contributed by atoms with Gasteiger partial charge in [-0.15, -0.1) is 0 Å². The van der Waals surface area contributed by atoms with Gasteiger partial charge in [0.2, 0.25) is 0 Å². The molecule has 2 aliphatic rings. The Morgan fingerprint density at radius 3 is 2.00 bits per heavy atom. The van der Waals surface area contributed by atoms with E-state index in [1.54, 1.807) is 0 Å². The highest BCUT2D eigenvalue weighted by Gasteiger charge is 2.61. The molecule has 2 fully saturated rings. The van der Waals surface area contributed by atoms with Crippen molar-refractivity contribution in [3.63, 3.8) is 0 Å². The third-order valence-electron chi connectivity index (χ3n) is 3.31. The lowest BCUT2D eigenvalue weighted by atomic mass is 10.0. The molecule has 0 aromatic rings. The number of fused-ring (bicyclic) bond motifs is 1. The molecular formula is C8H13Br. The lowest BCUT2D eigenvalue weighted by Crippen LogP contribution is -2.03. The first-order valence-corrected chi connectivity index (χ1v) is 4.68. The van der Waals surface area contributed by atoms with Gasteiger partial charge in [0.25, 0.3) is 0 Å². The van der Waals surface area contributed by atoms with Gasteiger partial charge in [0, 0.05) is 4.83 Å². The minimum Gasteiger partial charge on any atom is -0.0890 e. The van der Waals surface area contributed by atoms with Crippen molar-refractivity contribution in [1.29, 1.82) is 0 Å². The lowest BCUT2D eigenvalue weighted by molar-refractivity contribution is 0.473. The molecule has 2 saturated carbocycles. The van der Waals surface area contributed by atoms with E-state index < -0.39 is 0 Å². The summed E-state index contributed by atoms with van der Waals surface area (Å²) in [6, 6.07) is 0. The van der Waals surface area contributed by atoms with Crippen molar-refractivity contribution in [2.24, 2.45) is 17.3 Å². The number of hydrogen-bond acceptors (Lipinski definition) is 0. The first-order chi connectivity index (χ1) is 4.12. The minimum absolute atomic E-state index is 0.713. The quantitative estimate of drug-likeness (QED) is 0.514. The second-order valence-electron chi connectivity index (χ2n) is 4.10. The lowest BCUT2D eigenvalue weighted by Gasteiger charge is -2.09. The smallest absolute Gasteiger partial charge is 0.0151 e. The Kier molecular flexibility index (Phi) is 1.07. The number of rotatable bonds is 0. The maximum Gasteiger partial charge on any atom is 0.0151 e. The van der Waals surface area contributed by atoms with Crippen LogP contribution >= 0.6 is 15.9 Å². The van der Waals surface area contributed by atoms with Crippen LogP contribution in [-0.2, 0) is 0 Å². The fraction of sp³-hybridized carbons (Fsp3) is 1.00. The van der Waals surface area contributed by atoms with Crippen LogP contribution < -0.4 is 0 Å². The van der Waals surface area contributed by atoms with Crippen LogP contribution in [0.1, 0.15) is 26.7 Å². The Bertz CT molecular complexity index is 126. The van der Waals surface area contributed by atoms with E-state index in [-0.39, 0.29) is 0 Å². The molecule has 0 nitrogen and oxygen atoms in total. The summed E-state index contributed by atoms with van der Waals surface area (Å²) < 4.78 is 0. The highest BCUT2D eigenvalue weighted by atomic mass is 79.9. The summed E-state index contributed by atoms with van der Waals surface area (Å²) in [4.78, 5) is 0.848. The molecule has 52 valence electrons. The molecule has 2 unspecified atom stereocenters. The molecular weight excluding hydrogens is 176 g/mol. The van der Waals surface area contributed by atoms with Gasteiger partial charge >= 0.3 is 0 Å². The van der Waals surface area contributed by atoms with Gasteiger partial charge in [-0.25, -0.2) is 0 Å². The summed E-state index contributed by atoms with van der Waals surface area (Å²) in [6.45, 7) is 4.81. The van der Waals surface area contributed by atoms with Gasteiger partial charge in [0.05, 0.1) is 0 Å². The van der Waals surface area contributed by atoms with Gasteiger partial charge in [0.15, 0.2) is 0 Å². The third kappa shape index (κ3) is 0.705. The Balaban J connectivity index is 2.06. The summed E-state index contributed by atoms with van der Waals surface area (Å²) >= 11 is 3.66. The molecule has 2 rings (SSSR count). The van der Waals surface area contributed by atoms with Crippen LogP contribution in [0.15, 0.2) is 0 Å². The van der Waals surface area contributed by atoms with Crippen LogP contribution in [-0.4, -0.2) is 4.83 Å². The average Bonchev–Trinajstić information content (AvgIpc) is 2.27. The topological polar surface area (TPSA) is 0 Å². The molecule has 0 bridgehead atoms. The van der Waals surface area contributed by atoms with Gasteiger partial charge in [-0.2, -0.15) is 0 Å². The Hall–Kier alpha value is 0.480. The molecule has 1 heteroatoms. The fourth-order valence-corrected chi connectivity index (χ4v) is 3.25. The van der Waals surface area contributed by atoms with Crippen LogP contribution in [0.5, 0.6) is 0 Å². The van der Waals surface area contributed by atoms with Gasteiger partial charge in [-0.1, -0.05) is 29.8 Å². The van der Waals surface area contributed by atoms with E-state index in [0.717, 1.165) is 16.7 Å². The molecule has 0 saturated heterocycles. The van der Waals surface area contributed by atoms with Crippen LogP contribution in [0.3, 0.4) is 0 Å². The predicted octanol–water partition coefficient (Wildman–Crippen LogP) is 2.82. The van der Waals surface area contributed by atoms with Gasteiger partial charge < -0.3 is 0 Å². The van der Waals surface area contributed by atoms with Crippen LogP contribution in [0.4, 0.5) is 0 Å². The van der Waals surface area contributed by atoms with E-state index in [2.05, 4.69) is 29.8 Å². The zero-order valence-electron chi connectivity index (χ0n) is 6.02. The van der Waals surface area contributed by atoms with Gasteiger partial charge in [-0.05, 0) is 30.1 Å². The van der Waals surface area contributed by atoms with E-state index in [1.165, 1.54) is 12.8 Å². The summed E-state index contributed by atoms with van der Waals surface area (Å²) in [5.74, 6) is 2.11. The molecule has 0 amide bonds. The normalized spacial score (nSPS) is 53.0. The molecule has 0 radical (unpaired) electrons. The van der Waals surface area contributed by atoms with E-state index in [4.69, 9.17) is 0 Å². The molecule has 0 aromatic carbocycles. The molecule has 0 aromatic heterocycles. The van der Waals surface area contributed by atoms with E-state index in [1.807, 2.05) is 0 Å². The monoisotopic (exact) mass is 188 g/mol. The highest BCUT2D eigenvalue weighted by Crippen LogP contribution is 2.67. The van der Waals surface area contributed by atoms with E-state index >= 15 is 0 Å². The Labute approximate surface area is 65.1 Å². The minimum atomic E-state index is 0.713. The maximum absolute atomic E-state index is 3.66. The largest absolute Gasteiger partial charge is 0.0890 e. The third-order valence-corrected chi connectivity index (χ3v) is 4.05. The summed E-state index contributed by atoms with van der Waals surface area (Å²) in [5, 5.41) is 0. The van der Waals surface area contributed by atoms with Crippen LogP contribution in [0.25, 0.3) is 0 Å². The van der Waals surface area contributed by atoms with Crippen molar-refractivity contribution in [2.75, 3.05) is 0 Å². The maximum atomic E-state index is 3.66. The second kappa shape index (κ2) is 1.55. The first kappa shape index (κ1) is 6.21. The predicted molar refractivity (Wildman–Crippen MR) is 42.7 cm³/mol. The average molecular weight is 189 g/mol. The summed E-state index contributed by atoms with van der Waals surface area (Å²) in [7, 11) is 0. The van der Waals surface area contributed by atoms with Crippen molar-refractivity contribution in [1.82, 2.24) is 0 Å². The van der Waals surface area contributed by atoms with Crippen molar-refractivity contribution in [3.05, 3.63) is 0 Å². The first-order valence-electron chi connectivity index (χ1n) is 3.76. The van der Waals surface area contributed by atoms with Crippen molar-refractivity contribution in [3.8, 4) is 0 Å². The number of hydrogen-bond donors (Lipinski definition) is 0. The molecule has 9 heavy (non-hydrogen) atoms. The molecule has 0 aliphatic heterocycles. The van der Waals surface area contributed by atoms with Crippen molar-refractivity contribution >= 4 is 15.9 Å². The van der Waals surface area contributed by atoms with Crippen LogP contribution in [0, 0.1) is 17.3 Å². The molecule has 2 atom stereocenters. The zero-order chi connectivity index (χ0) is 6.65. The molecule has 0 N–H and O–H groups in total. The molecule has 0 heterocycles. The molecule has 0 spiro atoms. The molecule has 2 aliphatic carbocycles. The van der Waals surface area contributed by atoms with E-state index in [0.29, 0.717) is 5.41 Å². The SMILES string of the molecule is CC1(C)C2CC(Br)CC21. The fourth-order valence-electron chi connectivity index (χ4n) is 2.44. The number of halogens is 1. The Morgan fingerprint density at radius 1 is 1.22 bits per heavy atom. The Morgan fingerprint density at radius 2 is 1.67 bits per heavy atom. The van der Waals surface area contributed by atoms with Crippen LogP contribution in [0.2, 0.25) is 0 Å². The second-order valence-corrected chi connectivity index (χ2v) is 5.40. The van der Waals surface area contributed by atoms with Gasteiger partial charge in [0.1, 0.15) is 0 Å². The van der Waals surface area contributed by atoms with Crippen molar-refractivity contribution < 1.29 is 0 Å². The standard InChI is InChI=1S/C8H13Br/c1-8(2)6-3-5(9)4-7(6)8/h5-7H,3-4H2,1-2H3. The van der Waals surface area contributed by atoms with Crippen molar-refractivity contribution in [2.45, 2.75) is 31.5 Å². The highest BCUT2D eigenvalue weighted by molar-refractivity contribution is 9.09. The van der Waals surface area contributed by atoms with Gasteiger partial charge in [-0.3, -0.25) is 0 Å². The number of alkyl halides is 1.